The van der Waals surface area contributed by atoms with Crippen molar-refractivity contribution >= 4 is 24.5 Å². The molecule has 0 aliphatic heterocycles. The number of aliphatic imine (C=N–C) groups is 1. The summed E-state index contributed by atoms with van der Waals surface area (Å²) >= 11 is 4.38. The highest BCUT2D eigenvalue weighted by atomic mass is 32.1. The number of ether oxygens (including phenoxy) is 1. The minimum Gasteiger partial charge on any atom is -0.504 e. The molecule has 0 bridgehead atoms. The average Bonchev–Trinajstić information content (AvgIpc) is 2.51. The van der Waals surface area contributed by atoms with Gasteiger partial charge in [0.15, 0.2) is 11.5 Å². The first-order valence-corrected chi connectivity index (χ1v) is 7.52. The van der Waals surface area contributed by atoms with Crippen LogP contribution in [0.4, 0.5) is 5.69 Å². The van der Waals surface area contributed by atoms with Gasteiger partial charge < -0.3 is 9.84 Å². The van der Waals surface area contributed by atoms with Crippen molar-refractivity contribution in [3.05, 3.63) is 60.2 Å². The van der Waals surface area contributed by atoms with Gasteiger partial charge in [-0.25, -0.2) is 0 Å². The third kappa shape index (κ3) is 3.92. The van der Waals surface area contributed by atoms with E-state index in [4.69, 9.17) is 4.74 Å². The van der Waals surface area contributed by atoms with Gasteiger partial charge in [-0.15, -0.1) is 19.2 Å². The summed E-state index contributed by atoms with van der Waals surface area (Å²) in [7, 11) is 0. The van der Waals surface area contributed by atoms with Gasteiger partial charge in [-0.3, -0.25) is 4.99 Å². The maximum atomic E-state index is 10.2. The molecular formula is C18H19NO2S. The average molecular weight is 313 g/mol. The molecule has 114 valence electrons. The van der Waals surface area contributed by atoms with Crippen LogP contribution in [0.3, 0.4) is 0 Å². The fourth-order valence-electron chi connectivity index (χ4n) is 2.06. The molecule has 0 aliphatic carbocycles. The van der Waals surface area contributed by atoms with Crippen LogP contribution in [0.1, 0.15) is 18.1 Å². The molecule has 0 aliphatic rings. The van der Waals surface area contributed by atoms with Gasteiger partial charge in [-0.2, -0.15) is 0 Å². The summed E-state index contributed by atoms with van der Waals surface area (Å²) < 4.78 is 5.48. The van der Waals surface area contributed by atoms with Crippen LogP contribution < -0.4 is 4.74 Å². The van der Waals surface area contributed by atoms with E-state index >= 15 is 0 Å². The van der Waals surface area contributed by atoms with Crippen molar-refractivity contribution in [2.75, 3.05) is 6.61 Å². The van der Waals surface area contributed by atoms with E-state index in [0.29, 0.717) is 18.8 Å². The topological polar surface area (TPSA) is 41.8 Å². The lowest BCUT2D eigenvalue weighted by molar-refractivity contribution is 0.317. The first-order chi connectivity index (χ1) is 10.7. The summed E-state index contributed by atoms with van der Waals surface area (Å²) in [5, 5.41) is 10.2. The number of hydrogen-bond donors (Lipinski definition) is 2. The van der Waals surface area contributed by atoms with Gasteiger partial charge in [0.2, 0.25) is 0 Å². The summed E-state index contributed by atoms with van der Waals surface area (Å²) in [6.45, 7) is 6.08. The highest BCUT2D eigenvalue weighted by Crippen LogP contribution is 2.32. The predicted octanol–water partition coefficient (Wildman–Crippen LogP) is 4.56. The van der Waals surface area contributed by atoms with E-state index in [9.17, 15) is 5.11 Å². The normalized spacial score (nSPS) is 10.8. The highest BCUT2D eigenvalue weighted by Gasteiger charge is 2.09. The zero-order chi connectivity index (χ0) is 15.9. The van der Waals surface area contributed by atoms with Crippen molar-refractivity contribution in [1.82, 2.24) is 0 Å². The van der Waals surface area contributed by atoms with Crippen LogP contribution in [-0.4, -0.2) is 17.9 Å². The Hall–Kier alpha value is -2.20. The van der Waals surface area contributed by atoms with Gasteiger partial charge in [0.05, 0.1) is 12.3 Å². The van der Waals surface area contributed by atoms with Crippen LogP contribution in [-0.2, 0) is 6.42 Å². The second-order valence-corrected chi connectivity index (χ2v) is 5.18. The van der Waals surface area contributed by atoms with Crippen LogP contribution in [0.15, 0.2) is 58.9 Å². The molecule has 2 aromatic rings. The fraction of sp³-hybridized carbons (Fsp3) is 0.167. The van der Waals surface area contributed by atoms with E-state index in [1.165, 1.54) is 0 Å². The molecule has 0 spiro atoms. The number of phenols is 1. The minimum atomic E-state index is 0.161. The highest BCUT2D eigenvalue weighted by molar-refractivity contribution is 7.80. The molecule has 0 heterocycles. The van der Waals surface area contributed by atoms with Crippen LogP contribution in [0.5, 0.6) is 11.5 Å². The number of para-hydroxylation sites is 1. The zero-order valence-electron chi connectivity index (χ0n) is 12.5. The number of phenolic OH excluding ortho intramolecular Hbond substituents is 1. The summed E-state index contributed by atoms with van der Waals surface area (Å²) in [5.41, 5.74) is 2.42. The standard InChI is InChI=1S/C18H19NO2S/c1-3-7-14-10-13(11-16(18(14)20)21-4-2)12-19-15-8-5-6-9-17(15)22/h3,5-6,8-12,20,22H,1,4,7H2,2H3. The Bertz CT molecular complexity index is 695. The molecule has 0 aromatic heterocycles. The number of benzene rings is 2. The molecule has 2 rings (SSSR count). The van der Waals surface area contributed by atoms with E-state index in [-0.39, 0.29) is 5.75 Å². The van der Waals surface area contributed by atoms with Crippen LogP contribution >= 0.6 is 12.6 Å². The molecule has 0 saturated heterocycles. The van der Waals surface area contributed by atoms with Crippen LogP contribution in [0, 0.1) is 0 Å². The summed E-state index contributed by atoms with van der Waals surface area (Å²) in [4.78, 5) is 5.26. The van der Waals surface area contributed by atoms with Crippen molar-refractivity contribution in [2.24, 2.45) is 4.99 Å². The molecular weight excluding hydrogens is 294 g/mol. The van der Waals surface area contributed by atoms with Crippen molar-refractivity contribution < 1.29 is 9.84 Å². The van der Waals surface area contributed by atoms with Gasteiger partial charge in [0.25, 0.3) is 0 Å². The van der Waals surface area contributed by atoms with Crippen LogP contribution in [0.25, 0.3) is 0 Å². The summed E-state index contributed by atoms with van der Waals surface area (Å²) in [5.74, 6) is 0.621. The molecule has 4 heteroatoms. The Morgan fingerprint density at radius 3 is 2.77 bits per heavy atom. The maximum absolute atomic E-state index is 10.2. The smallest absolute Gasteiger partial charge is 0.161 e. The number of aromatic hydroxyl groups is 1. The second kappa shape index (κ2) is 7.71. The monoisotopic (exact) mass is 313 g/mol. The van der Waals surface area contributed by atoms with E-state index < -0.39 is 0 Å². The van der Waals surface area contributed by atoms with E-state index in [2.05, 4.69) is 24.2 Å². The molecule has 0 unspecified atom stereocenters. The first kappa shape index (κ1) is 16.2. The van der Waals surface area contributed by atoms with Gasteiger partial charge in [0.1, 0.15) is 0 Å². The zero-order valence-corrected chi connectivity index (χ0v) is 13.4. The molecule has 0 saturated carbocycles. The van der Waals surface area contributed by atoms with E-state index in [1.54, 1.807) is 18.4 Å². The van der Waals surface area contributed by atoms with Crippen molar-refractivity contribution in [3.63, 3.8) is 0 Å². The van der Waals surface area contributed by atoms with Crippen molar-refractivity contribution in [2.45, 2.75) is 18.2 Å². The van der Waals surface area contributed by atoms with Crippen molar-refractivity contribution in [1.29, 1.82) is 0 Å². The lowest BCUT2D eigenvalue weighted by Crippen LogP contribution is -1.96. The minimum absolute atomic E-state index is 0.161. The molecule has 2 aromatic carbocycles. The molecule has 0 fully saturated rings. The van der Waals surface area contributed by atoms with Gasteiger partial charge in [-0.05, 0) is 43.2 Å². The predicted molar refractivity (Wildman–Crippen MR) is 94.1 cm³/mol. The molecule has 0 radical (unpaired) electrons. The fourth-order valence-corrected chi connectivity index (χ4v) is 2.28. The van der Waals surface area contributed by atoms with Gasteiger partial charge >= 0.3 is 0 Å². The number of allylic oxidation sites excluding steroid dienone is 1. The largest absolute Gasteiger partial charge is 0.504 e. The second-order valence-electron chi connectivity index (χ2n) is 4.70. The third-order valence-electron chi connectivity index (χ3n) is 3.07. The Morgan fingerprint density at radius 1 is 1.32 bits per heavy atom. The number of hydrogen-bond acceptors (Lipinski definition) is 4. The van der Waals surface area contributed by atoms with Crippen LogP contribution in [0.2, 0.25) is 0 Å². The quantitative estimate of drug-likeness (QED) is 0.466. The third-order valence-corrected chi connectivity index (χ3v) is 3.45. The van der Waals surface area contributed by atoms with Crippen molar-refractivity contribution in [3.8, 4) is 11.5 Å². The summed E-state index contributed by atoms with van der Waals surface area (Å²) in [6.07, 6.45) is 4.05. The SMILES string of the molecule is C=CCc1cc(C=Nc2ccccc2S)cc(OCC)c1O. The lowest BCUT2D eigenvalue weighted by Gasteiger charge is -2.11. The Balaban J connectivity index is 2.38. The van der Waals surface area contributed by atoms with Gasteiger partial charge in [-0.1, -0.05) is 18.2 Å². The molecule has 3 nitrogen and oxygen atoms in total. The lowest BCUT2D eigenvalue weighted by atomic mass is 10.1. The van der Waals surface area contributed by atoms with E-state index in [1.807, 2.05) is 37.3 Å². The Labute approximate surface area is 136 Å². The number of rotatable bonds is 6. The molecule has 0 amide bonds. The Morgan fingerprint density at radius 2 is 2.09 bits per heavy atom. The number of thiol groups is 1. The molecule has 1 N–H and O–H groups in total. The first-order valence-electron chi connectivity index (χ1n) is 7.07. The Kier molecular flexibility index (Phi) is 5.67. The van der Waals surface area contributed by atoms with Gasteiger partial charge in [0, 0.05) is 16.7 Å². The molecule has 0 atom stereocenters. The maximum Gasteiger partial charge on any atom is 0.161 e. The van der Waals surface area contributed by atoms with E-state index in [0.717, 1.165) is 21.7 Å². The summed E-state index contributed by atoms with van der Waals surface area (Å²) in [6, 6.07) is 11.3. The molecule has 22 heavy (non-hydrogen) atoms. The number of nitrogens with zero attached hydrogens (tertiary/aromatic N) is 1.